The number of carbonyl (C=O) groups excluding carboxylic acids is 1. The molecule has 0 aromatic heterocycles. The molecule has 1 aromatic rings. The molecule has 0 spiro atoms. The molecular formula is C21H36IN5O. The summed E-state index contributed by atoms with van der Waals surface area (Å²) in [4.78, 5) is 18.6. The van der Waals surface area contributed by atoms with Gasteiger partial charge in [-0.3, -0.25) is 14.7 Å². The van der Waals surface area contributed by atoms with Gasteiger partial charge in [0.2, 0.25) is 5.91 Å². The van der Waals surface area contributed by atoms with Crippen molar-refractivity contribution >= 4 is 35.8 Å². The Kier molecular flexibility index (Phi) is 12.1. The van der Waals surface area contributed by atoms with Crippen LogP contribution in [0.15, 0.2) is 35.3 Å². The fourth-order valence-corrected chi connectivity index (χ4v) is 2.81. The van der Waals surface area contributed by atoms with E-state index in [9.17, 15) is 4.79 Å². The SMILES string of the molecule is CCNC(=NCCC(C)N(C)Cc1ccccc1)NCCNC(=O)C1CC1.I. The van der Waals surface area contributed by atoms with Gasteiger partial charge < -0.3 is 16.0 Å². The molecule has 1 fully saturated rings. The average Bonchev–Trinajstić information content (AvgIpc) is 3.51. The Morgan fingerprint density at radius 1 is 1.18 bits per heavy atom. The summed E-state index contributed by atoms with van der Waals surface area (Å²) in [5, 5.41) is 9.51. The number of halogens is 1. The van der Waals surface area contributed by atoms with Gasteiger partial charge in [-0.1, -0.05) is 30.3 Å². The summed E-state index contributed by atoms with van der Waals surface area (Å²) in [6, 6.07) is 11.0. The van der Waals surface area contributed by atoms with Crippen LogP contribution < -0.4 is 16.0 Å². The summed E-state index contributed by atoms with van der Waals surface area (Å²) >= 11 is 0. The number of guanidine groups is 1. The van der Waals surface area contributed by atoms with E-state index in [-0.39, 0.29) is 35.8 Å². The molecule has 3 N–H and O–H groups in total. The van der Waals surface area contributed by atoms with E-state index in [1.54, 1.807) is 0 Å². The molecule has 7 heteroatoms. The van der Waals surface area contributed by atoms with E-state index in [1.807, 2.05) is 6.07 Å². The van der Waals surface area contributed by atoms with Crippen LogP contribution in [0, 0.1) is 5.92 Å². The number of benzene rings is 1. The maximum Gasteiger partial charge on any atom is 0.223 e. The van der Waals surface area contributed by atoms with E-state index >= 15 is 0 Å². The molecule has 0 saturated heterocycles. The lowest BCUT2D eigenvalue weighted by Crippen LogP contribution is -2.42. The maximum atomic E-state index is 11.6. The van der Waals surface area contributed by atoms with Crippen LogP contribution in [-0.4, -0.2) is 56.0 Å². The summed E-state index contributed by atoms with van der Waals surface area (Å²) in [5.41, 5.74) is 1.33. The minimum Gasteiger partial charge on any atom is -0.357 e. The normalized spacial score (nSPS) is 14.9. The first-order valence-corrected chi connectivity index (χ1v) is 10.1. The monoisotopic (exact) mass is 501 g/mol. The molecule has 158 valence electrons. The van der Waals surface area contributed by atoms with Crippen molar-refractivity contribution < 1.29 is 4.79 Å². The van der Waals surface area contributed by atoms with Gasteiger partial charge in [0.25, 0.3) is 0 Å². The van der Waals surface area contributed by atoms with Crippen LogP contribution in [-0.2, 0) is 11.3 Å². The van der Waals surface area contributed by atoms with Crippen LogP contribution in [0.3, 0.4) is 0 Å². The molecule has 1 amide bonds. The molecule has 1 aliphatic carbocycles. The van der Waals surface area contributed by atoms with Crippen LogP contribution in [0.4, 0.5) is 0 Å². The molecule has 0 heterocycles. The zero-order valence-electron chi connectivity index (χ0n) is 17.4. The highest BCUT2D eigenvalue weighted by molar-refractivity contribution is 14.0. The van der Waals surface area contributed by atoms with E-state index in [2.05, 4.69) is 71.0 Å². The van der Waals surface area contributed by atoms with E-state index in [4.69, 9.17) is 0 Å². The molecule has 0 bridgehead atoms. The van der Waals surface area contributed by atoms with Crippen molar-refractivity contribution in [1.29, 1.82) is 0 Å². The van der Waals surface area contributed by atoms with Gasteiger partial charge in [0, 0.05) is 44.7 Å². The minimum atomic E-state index is 0. The first-order valence-electron chi connectivity index (χ1n) is 10.1. The molecule has 2 rings (SSSR count). The predicted molar refractivity (Wildman–Crippen MR) is 127 cm³/mol. The third-order valence-electron chi connectivity index (χ3n) is 4.85. The first-order chi connectivity index (χ1) is 13.1. The molecule has 6 nitrogen and oxygen atoms in total. The highest BCUT2D eigenvalue weighted by atomic mass is 127. The summed E-state index contributed by atoms with van der Waals surface area (Å²) < 4.78 is 0. The predicted octanol–water partition coefficient (Wildman–Crippen LogP) is 2.60. The largest absolute Gasteiger partial charge is 0.357 e. The van der Waals surface area contributed by atoms with Gasteiger partial charge in [-0.25, -0.2) is 0 Å². The maximum absolute atomic E-state index is 11.6. The number of aliphatic imine (C=N–C) groups is 1. The number of carbonyl (C=O) groups is 1. The van der Waals surface area contributed by atoms with Crippen molar-refractivity contribution in [1.82, 2.24) is 20.9 Å². The van der Waals surface area contributed by atoms with E-state index in [0.29, 0.717) is 19.1 Å². The zero-order valence-corrected chi connectivity index (χ0v) is 19.7. The molecule has 1 aromatic carbocycles. The molecule has 1 atom stereocenters. The Morgan fingerprint density at radius 3 is 2.50 bits per heavy atom. The van der Waals surface area contributed by atoms with Gasteiger partial charge in [-0.2, -0.15) is 0 Å². The van der Waals surface area contributed by atoms with Gasteiger partial charge in [-0.15, -0.1) is 24.0 Å². The number of rotatable bonds is 11. The summed E-state index contributed by atoms with van der Waals surface area (Å²) in [6.45, 7) is 8.16. The van der Waals surface area contributed by atoms with Gasteiger partial charge >= 0.3 is 0 Å². The van der Waals surface area contributed by atoms with Crippen molar-refractivity contribution in [3.05, 3.63) is 35.9 Å². The van der Waals surface area contributed by atoms with E-state index < -0.39 is 0 Å². The third kappa shape index (κ3) is 9.73. The smallest absolute Gasteiger partial charge is 0.223 e. The number of hydrogen-bond donors (Lipinski definition) is 3. The molecule has 1 aliphatic rings. The second-order valence-electron chi connectivity index (χ2n) is 7.29. The number of nitrogens with one attached hydrogen (secondary N) is 3. The summed E-state index contributed by atoms with van der Waals surface area (Å²) in [6.07, 6.45) is 3.08. The topological polar surface area (TPSA) is 68.8 Å². The summed E-state index contributed by atoms with van der Waals surface area (Å²) in [7, 11) is 2.16. The Balaban J connectivity index is 0.00000392. The third-order valence-corrected chi connectivity index (χ3v) is 4.85. The number of hydrogen-bond acceptors (Lipinski definition) is 3. The lowest BCUT2D eigenvalue weighted by Gasteiger charge is -2.24. The van der Waals surface area contributed by atoms with Crippen LogP contribution >= 0.6 is 24.0 Å². The quantitative estimate of drug-likeness (QED) is 0.189. The minimum absolute atomic E-state index is 0. The van der Waals surface area contributed by atoms with Crippen LogP contribution in [0.25, 0.3) is 0 Å². The second-order valence-corrected chi connectivity index (χ2v) is 7.29. The molecule has 1 saturated carbocycles. The van der Waals surface area contributed by atoms with Gasteiger partial charge in [0.1, 0.15) is 0 Å². The zero-order chi connectivity index (χ0) is 19.5. The lowest BCUT2D eigenvalue weighted by atomic mass is 10.1. The van der Waals surface area contributed by atoms with Crippen molar-refractivity contribution in [3.8, 4) is 0 Å². The Bertz CT molecular complexity index is 592. The Hall–Kier alpha value is -1.35. The first kappa shape index (κ1) is 24.7. The number of amides is 1. The fraction of sp³-hybridized carbons (Fsp3) is 0.619. The van der Waals surface area contributed by atoms with Crippen molar-refractivity contribution in [2.24, 2.45) is 10.9 Å². The van der Waals surface area contributed by atoms with Crippen molar-refractivity contribution in [2.45, 2.75) is 45.7 Å². The average molecular weight is 501 g/mol. The Labute approximate surface area is 187 Å². The molecule has 0 aliphatic heterocycles. The second kappa shape index (κ2) is 13.8. The standard InChI is InChI=1S/C21H35N5O.HI/c1-4-22-21(25-15-14-23-20(27)19-10-11-19)24-13-12-17(2)26(3)16-18-8-6-5-7-9-18;/h5-9,17,19H,4,10-16H2,1-3H3,(H,23,27)(H2,22,24,25);1H. The van der Waals surface area contributed by atoms with Gasteiger partial charge in [0.15, 0.2) is 5.96 Å². The highest BCUT2D eigenvalue weighted by Crippen LogP contribution is 2.28. The van der Waals surface area contributed by atoms with Gasteiger partial charge in [0.05, 0.1) is 0 Å². The van der Waals surface area contributed by atoms with Crippen molar-refractivity contribution in [2.75, 3.05) is 33.2 Å². The van der Waals surface area contributed by atoms with Crippen molar-refractivity contribution in [3.63, 3.8) is 0 Å². The Morgan fingerprint density at radius 2 is 1.86 bits per heavy atom. The molecular weight excluding hydrogens is 465 g/mol. The number of nitrogens with zero attached hydrogens (tertiary/aromatic N) is 2. The molecule has 28 heavy (non-hydrogen) atoms. The molecule has 1 unspecified atom stereocenters. The fourth-order valence-electron chi connectivity index (χ4n) is 2.81. The van der Waals surface area contributed by atoms with Gasteiger partial charge in [-0.05, 0) is 45.7 Å². The molecule has 0 radical (unpaired) electrons. The van der Waals surface area contributed by atoms with Crippen LogP contribution in [0.5, 0.6) is 0 Å². The lowest BCUT2D eigenvalue weighted by molar-refractivity contribution is -0.122. The summed E-state index contributed by atoms with van der Waals surface area (Å²) in [5.74, 6) is 1.27. The van der Waals surface area contributed by atoms with E-state index in [0.717, 1.165) is 44.9 Å². The van der Waals surface area contributed by atoms with Crippen LogP contribution in [0.2, 0.25) is 0 Å². The highest BCUT2D eigenvalue weighted by Gasteiger charge is 2.28. The van der Waals surface area contributed by atoms with Crippen LogP contribution in [0.1, 0.15) is 38.7 Å². The van der Waals surface area contributed by atoms with E-state index in [1.165, 1.54) is 5.56 Å².